The highest BCUT2D eigenvalue weighted by atomic mass is 16.5. The zero-order valence-electron chi connectivity index (χ0n) is 16.6. The van der Waals surface area contributed by atoms with Gasteiger partial charge in [0.2, 0.25) is 0 Å². The second-order valence-corrected chi connectivity index (χ2v) is 6.19. The molecule has 0 saturated carbocycles. The van der Waals surface area contributed by atoms with E-state index in [1.54, 1.807) is 61.9 Å². The number of esters is 1. The van der Waals surface area contributed by atoms with E-state index in [4.69, 9.17) is 18.9 Å². The molecule has 0 bridgehead atoms. The van der Waals surface area contributed by atoms with Crippen LogP contribution in [0.25, 0.3) is 0 Å². The first kappa shape index (κ1) is 21.4. The Bertz CT molecular complexity index is 720. The van der Waals surface area contributed by atoms with Gasteiger partial charge < -0.3 is 18.9 Å². The number of hydrogen-bond acceptors (Lipinski definition) is 5. The topological polar surface area (TPSA) is 54.0 Å². The molecule has 2 aromatic carbocycles. The molecule has 2 aromatic rings. The lowest BCUT2D eigenvalue weighted by Crippen LogP contribution is -2.08. The predicted octanol–water partition coefficient (Wildman–Crippen LogP) is 5.40. The molecule has 0 spiro atoms. The largest absolute Gasteiger partial charge is 0.502 e. The quantitative estimate of drug-likeness (QED) is 0.212. The van der Waals surface area contributed by atoms with Crippen LogP contribution in [0.15, 0.2) is 60.9 Å². The SMILES string of the molecule is CC=COCCCCCCOc1ccc(C(=O)Oc2ccc(OC)cc2)cc1. The minimum atomic E-state index is -0.406. The van der Waals surface area contributed by atoms with Crippen molar-refractivity contribution in [2.45, 2.75) is 32.6 Å². The van der Waals surface area contributed by atoms with Crippen LogP contribution in [0.2, 0.25) is 0 Å². The average Bonchev–Trinajstić information content (AvgIpc) is 2.73. The van der Waals surface area contributed by atoms with Crippen LogP contribution in [0.3, 0.4) is 0 Å². The maximum absolute atomic E-state index is 12.2. The van der Waals surface area contributed by atoms with Crippen LogP contribution in [-0.4, -0.2) is 26.3 Å². The van der Waals surface area contributed by atoms with Crippen LogP contribution in [-0.2, 0) is 4.74 Å². The second kappa shape index (κ2) is 12.4. The normalized spacial score (nSPS) is 10.6. The van der Waals surface area contributed by atoms with Gasteiger partial charge in [-0.05, 0) is 81.1 Å². The van der Waals surface area contributed by atoms with Crippen LogP contribution in [0.5, 0.6) is 17.2 Å². The van der Waals surface area contributed by atoms with Gasteiger partial charge in [-0.2, -0.15) is 0 Å². The zero-order valence-corrected chi connectivity index (χ0v) is 16.6. The average molecular weight is 384 g/mol. The fraction of sp³-hybridized carbons (Fsp3) is 0.348. The first-order valence-electron chi connectivity index (χ1n) is 9.55. The summed E-state index contributed by atoms with van der Waals surface area (Å²) in [4.78, 5) is 12.2. The van der Waals surface area contributed by atoms with Crippen molar-refractivity contribution in [2.75, 3.05) is 20.3 Å². The summed E-state index contributed by atoms with van der Waals surface area (Å²) in [6.07, 6.45) is 7.88. The highest BCUT2D eigenvalue weighted by Crippen LogP contribution is 2.19. The van der Waals surface area contributed by atoms with Crippen molar-refractivity contribution in [3.8, 4) is 17.2 Å². The summed E-state index contributed by atoms with van der Waals surface area (Å²) in [5.74, 6) is 1.53. The molecule has 0 atom stereocenters. The predicted molar refractivity (Wildman–Crippen MR) is 109 cm³/mol. The Kier molecular flexibility index (Phi) is 9.49. The maximum atomic E-state index is 12.2. The van der Waals surface area contributed by atoms with Crippen LogP contribution < -0.4 is 14.2 Å². The number of allylic oxidation sites excluding steroid dienone is 1. The summed E-state index contributed by atoms with van der Waals surface area (Å²) in [5.41, 5.74) is 0.476. The van der Waals surface area contributed by atoms with Crippen molar-refractivity contribution in [3.05, 3.63) is 66.4 Å². The van der Waals surface area contributed by atoms with Crippen molar-refractivity contribution >= 4 is 5.97 Å². The van der Waals surface area contributed by atoms with Gasteiger partial charge in [0.25, 0.3) is 0 Å². The lowest BCUT2D eigenvalue weighted by Gasteiger charge is -2.08. The van der Waals surface area contributed by atoms with E-state index in [1.807, 2.05) is 13.0 Å². The number of rotatable bonds is 12. The number of methoxy groups -OCH3 is 1. The molecule has 0 aromatic heterocycles. The lowest BCUT2D eigenvalue weighted by molar-refractivity contribution is 0.0734. The Morgan fingerprint density at radius 2 is 1.43 bits per heavy atom. The first-order chi connectivity index (χ1) is 13.7. The van der Waals surface area contributed by atoms with Crippen LogP contribution in [0.4, 0.5) is 0 Å². The molecule has 0 amide bonds. The van der Waals surface area contributed by atoms with Gasteiger partial charge in [0.05, 0.1) is 32.1 Å². The summed E-state index contributed by atoms with van der Waals surface area (Å²) in [7, 11) is 1.59. The third kappa shape index (κ3) is 7.74. The Labute approximate surface area is 166 Å². The van der Waals surface area contributed by atoms with E-state index in [2.05, 4.69) is 0 Å². The van der Waals surface area contributed by atoms with Gasteiger partial charge in [0, 0.05) is 0 Å². The second-order valence-electron chi connectivity index (χ2n) is 6.19. The fourth-order valence-corrected chi connectivity index (χ4v) is 2.49. The molecule has 5 heteroatoms. The van der Waals surface area contributed by atoms with Crippen molar-refractivity contribution in [2.24, 2.45) is 0 Å². The molecule has 150 valence electrons. The molecule has 5 nitrogen and oxygen atoms in total. The Hall–Kier alpha value is -2.95. The zero-order chi connectivity index (χ0) is 20.0. The van der Waals surface area contributed by atoms with Gasteiger partial charge in [0.15, 0.2) is 0 Å². The summed E-state index contributed by atoms with van der Waals surface area (Å²) in [6, 6.07) is 13.9. The summed E-state index contributed by atoms with van der Waals surface area (Å²) in [5, 5.41) is 0. The summed E-state index contributed by atoms with van der Waals surface area (Å²) in [6.45, 7) is 3.36. The monoisotopic (exact) mass is 384 g/mol. The molecular formula is C23H28O5. The van der Waals surface area contributed by atoms with E-state index in [0.717, 1.165) is 38.0 Å². The van der Waals surface area contributed by atoms with Crippen LogP contribution in [0.1, 0.15) is 43.0 Å². The van der Waals surface area contributed by atoms with Gasteiger partial charge in [-0.15, -0.1) is 0 Å². The van der Waals surface area contributed by atoms with Crippen molar-refractivity contribution in [1.29, 1.82) is 0 Å². The van der Waals surface area contributed by atoms with Crippen LogP contribution in [0, 0.1) is 0 Å². The highest BCUT2D eigenvalue weighted by Gasteiger charge is 2.09. The van der Waals surface area contributed by atoms with E-state index in [9.17, 15) is 4.79 Å². The molecule has 0 aliphatic rings. The molecule has 0 fully saturated rings. The van der Waals surface area contributed by atoms with E-state index >= 15 is 0 Å². The van der Waals surface area contributed by atoms with E-state index in [-0.39, 0.29) is 0 Å². The molecule has 0 unspecified atom stereocenters. The van der Waals surface area contributed by atoms with Crippen molar-refractivity contribution in [1.82, 2.24) is 0 Å². The standard InChI is InChI=1S/C23H28O5/c1-3-16-26-17-6-4-5-7-18-27-21-10-8-19(9-11-21)23(24)28-22-14-12-20(25-2)13-15-22/h3,8-16H,4-7,17-18H2,1-2H3. The molecule has 0 aliphatic heterocycles. The van der Waals surface area contributed by atoms with E-state index < -0.39 is 5.97 Å². The minimum absolute atomic E-state index is 0.406. The molecule has 2 rings (SSSR count). The summed E-state index contributed by atoms with van der Waals surface area (Å²) < 4.78 is 21.4. The fourth-order valence-electron chi connectivity index (χ4n) is 2.49. The molecule has 0 radical (unpaired) electrons. The van der Waals surface area contributed by atoms with Gasteiger partial charge in [-0.1, -0.05) is 6.08 Å². The third-order valence-corrected chi connectivity index (χ3v) is 4.02. The smallest absolute Gasteiger partial charge is 0.343 e. The molecule has 0 saturated heterocycles. The lowest BCUT2D eigenvalue weighted by atomic mass is 10.2. The molecule has 0 aliphatic carbocycles. The van der Waals surface area contributed by atoms with Gasteiger partial charge in [-0.25, -0.2) is 4.79 Å². The van der Waals surface area contributed by atoms with E-state index in [0.29, 0.717) is 23.7 Å². The highest BCUT2D eigenvalue weighted by molar-refractivity contribution is 5.91. The number of carbonyl (C=O) groups is 1. The molecule has 0 heterocycles. The molecule has 28 heavy (non-hydrogen) atoms. The Morgan fingerprint density at radius 3 is 2.07 bits per heavy atom. The number of carbonyl (C=O) groups excluding carboxylic acids is 1. The number of ether oxygens (including phenoxy) is 4. The van der Waals surface area contributed by atoms with E-state index in [1.165, 1.54) is 0 Å². The number of benzene rings is 2. The van der Waals surface area contributed by atoms with Crippen LogP contribution >= 0.6 is 0 Å². The molecule has 0 N–H and O–H groups in total. The maximum Gasteiger partial charge on any atom is 0.343 e. The first-order valence-corrected chi connectivity index (χ1v) is 9.55. The third-order valence-electron chi connectivity index (χ3n) is 4.02. The van der Waals surface area contributed by atoms with Crippen molar-refractivity contribution < 1.29 is 23.7 Å². The van der Waals surface area contributed by atoms with Gasteiger partial charge >= 0.3 is 5.97 Å². The minimum Gasteiger partial charge on any atom is -0.502 e. The Balaban J connectivity index is 1.67. The number of hydrogen-bond donors (Lipinski definition) is 0. The Morgan fingerprint density at radius 1 is 0.821 bits per heavy atom. The van der Waals surface area contributed by atoms with Gasteiger partial charge in [0.1, 0.15) is 17.2 Å². The van der Waals surface area contributed by atoms with Gasteiger partial charge in [-0.3, -0.25) is 0 Å². The summed E-state index contributed by atoms with van der Waals surface area (Å²) >= 11 is 0. The number of unbranched alkanes of at least 4 members (excludes halogenated alkanes) is 3. The van der Waals surface area contributed by atoms with Crippen molar-refractivity contribution in [3.63, 3.8) is 0 Å². The molecular weight excluding hydrogens is 356 g/mol.